The number of hydrogen-bond acceptors (Lipinski definition) is 4. The normalized spacial score (nSPS) is 24.0. The molecule has 0 radical (unpaired) electrons. The standard InChI is InChI=1S/C19H37N3O2/c1-15(2)17(22-11-5-16(3)6-12-22)13-21-18(23)19(14-24-4)7-9-20-10-8-19/h15-17,20H,5-14H2,1-4H3,(H,21,23). The quantitative estimate of drug-likeness (QED) is 0.744. The van der Waals surface area contributed by atoms with Crippen LogP contribution >= 0.6 is 0 Å². The van der Waals surface area contributed by atoms with Gasteiger partial charge in [0.25, 0.3) is 0 Å². The van der Waals surface area contributed by atoms with Crippen molar-refractivity contribution in [1.82, 2.24) is 15.5 Å². The van der Waals surface area contributed by atoms with E-state index in [1.54, 1.807) is 7.11 Å². The van der Waals surface area contributed by atoms with Gasteiger partial charge in [0.1, 0.15) is 0 Å². The third-order valence-corrected chi connectivity index (χ3v) is 5.99. The molecule has 1 atom stereocenters. The first-order chi connectivity index (χ1) is 11.5. The van der Waals surface area contributed by atoms with Gasteiger partial charge in [0.15, 0.2) is 0 Å². The minimum absolute atomic E-state index is 0.182. The van der Waals surface area contributed by atoms with E-state index in [1.807, 2.05) is 0 Å². The predicted molar refractivity (Wildman–Crippen MR) is 98.0 cm³/mol. The predicted octanol–water partition coefficient (Wildman–Crippen LogP) is 1.88. The van der Waals surface area contributed by atoms with Gasteiger partial charge in [-0.2, -0.15) is 0 Å². The molecule has 1 amide bonds. The van der Waals surface area contributed by atoms with E-state index in [1.165, 1.54) is 12.8 Å². The largest absolute Gasteiger partial charge is 0.384 e. The van der Waals surface area contributed by atoms with E-state index >= 15 is 0 Å². The number of carbonyl (C=O) groups excluding carboxylic acids is 1. The number of amides is 1. The fourth-order valence-corrected chi connectivity index (χ4v) is 4.15. The van der Waals surface area contributed by atoms with Crippen LogP contribution in [0.1, 0.15) is 46.5 Å². The van der Waals surface area contributed by atoms with Gasteiger partial charge in [-0.05, 0) is 63.7 Å². The number of rotatable bonds is 7. The Balaban J connectivity index is 1.93. The molecule has 2 aliphatic rings. The van der Waals surface area contributed by atoms with E-state index < -0.39 is 0 Å². The van der Waals surface area contributed by atoms with Crippen molar-refractivity contribution in [3.05, 3.63) is 0 Å². The third kappa shape index (κ3) is 4.93. The van der Waals surface area contributed by atoms with Crippen molar-refractivity contribution in [2.75, 3.05) is 46.4 Å². The summed E-state index contributed by atoms with van der Waals surface area (Å²) in [6.45, 7) is 12.3. The van der Waals surface area contributed by atoms with Crippen molar-refractivity contribution in [1.29, 1.82) is 0 Å². The van der Waals surface area contributed by atoms with Crippen molar-refractivity contribution >= 4 is 5.91 Å². The second kappa shape index (κ2) is 9.16. The fraction of sp³-hybridized carbons (Fsp3) is 0.947. The van der Waals surface area contributed by atoms with Crippen LogP contribution in [0, 0.1) is 17.3 Å². The summed E-state index contributed by atoms with van der Waals surface area (Å²) in [6.07, 6.45) is 4.27. The van der Waals surface area contributed by atoms with Gasteiger partial charge in [-0.3, -0.25) is 9.69 Å². The second-order valence-corrected chi connectivity index (χ2v) is 8.20. The van der Waals surface area contributed by atoms with Crippen molar-refractivity contribution in [2.24, 2.45) is 17.3 Å². The number of carbonyl (C=O) groups is 1. The van der Waals surface area contributed by atoms with E-state index in [0.717, 1.165) is 51.5 Å². The molecule has 5 heteroatoms. The average molecular weight is 340 g/mol. The van der Waals surface area contributed by atoms with Gasteiger partial charge in [-0.25, -0.2) is 0 Å². The zero-order chi connectivity index (χ0) is 17.6. The molecule has 0 spiro atoms. The zero-order valence-corrected chi connectivity index (χ0v) is 16.1. The minimum atomic E-state index is -0.349. The Morgan fingerprint density at radius 2 is 1.92 bits per heavy atom. The smallest absolute Gasteiger partial charge is 0.228 e. The lowest BCUT2D eigenvalue weighted by Crippen LogP contribution is -2.54. The van der Waals surface area contributed by atoms with Crippen molar-refractivity contribution in [3.8, 4) is 0 Å². The Kier molecular flexibility index (Phi) is 7.51. The Labute approximate surface area is 147 Å². The van der Waals surface area contributed by atoms with Crippen molar-refractivity contribution < 1.29 is 9.53 Å². The molecular formula is C19H37N3O2. The van der Waals surface area contributed by atoms with Crippen LogP contribution in [0.5, 0.6) is 0 Å². The van der Waals surface area contributed by atoms with Gasteiger partial charge in [0.05, 0.1) is 12.0 Å². The molecule has 2 fully saturated rings. The first kappa shape index (κ1) is 19.7. The molecule has 0 aliphatic carbocycles. The number of ether oxygens (including phenoxy) is 1. The topological polar surface area (TPSA) is 53.6 Å². The molecule has 2 aliphatic heterocycles. The molecule has 0 aromatic heterocycles. The summed E-state index contributed by atoms with van der Waals surface area (Å²) >= 11 is 0. The van der Waals surface area contributed by atoms with Crippen LogP contribution in [0.15, 0.2) is 0 Å². The molecular weight excluding hydrogens is 302 g/mol. The summed E-state index contributed by atoms with van der Waals surface area (Å²) in [6, 6.07) is 0.433. The zero-order valence-electron chi connectivity index (χ0n) is 16.1. The summed E-state index contributed by atoms with van der Waals surface area (Å²) in [4.78, 5) is 15.5. The maximum atomic E-state index is 12.9. The number of nitrogens with zero attached hydrogens (tertiary/aromatic N) is 1. The number of methoxy groups -OCH3 is 1. The van der Waals surface area contributed by atoms with Crippen LogP contribution in [0.4, 0.5) is 0 Å². The van der Waals surface area contributed by atoms with Gasteiger partial charge in [-0.15, -0.1) is 0 Å². The molecule has 0 bridgehead atoms. The number of nitrogens with one attached hydrogen (secondary N) is 2. The Morgan fingerprint density at radius 3 is 2.46 bits per heavy atom. The van der Waals surface area contributed by atoms with Crippen LogP contribution < -0.4 is 10.6 Å². The molecule has 5 nitrogen and oxygen atoms in total. The first-order valence-corrected chi connectivity index (χ1v) is 9.70. The molecule has 0 saturated carbocycles. The lowest BCUT2D eigenvalue weighted by molar-refractivity contribution is -0.136. The molecule has 140 valence electrons. The van der Waals surface area contributed by atoms with Gasteiger partial charge in [0, 0.05) is 19.7 Å². The Morgan fingerprint density at radius 1 is 1.29 bits per heavy atom. The SMILES string of the molecule is COCC1(C(=O)NCC(C(C)C)N2CCC(C)CC2)CCNCC1. The highest BCUT2D eigenvalue weighted by molar-refractivity contribution is 5.83. The molecule has 0 aromatic carbocycles. The van der Waals surface area contributed by atoms with Gasteiger partial charge in [-0.1, -0.05) is 20.8 Å². The summed E-state index contributed by atoms with van der Waals surface area (Å²) < 4.78 is 5.39. The number of likely N-dealkylation sites (tertiary alicyclic amines) is 1. The van der Waals surface area contributed by atoms with Gasteiger partial charge < -0.3 is 15.4 Å². The summed E-state index contributed by atoms with van der Waals surface area (Å²) in [5, 5.41) is 6.63. The van der Waals surface area contributed by atoms with Gasteiger partial charge >= 0.3 is 0 Å². The van der Waals surface area contributed by atoms with Gasteiger partial charge in [0.2, 0.25) is 5.91 Å². The third-order valence-electron chi connectivity index (χ3n) is 5.99. The lowest BCUT2D eigenvalue weighted by atomic mass is 9.78. The van der Waals surface area contributed by atoms with Crippen LogP contribution in [-0.4, -0.2) is 63.3 Å². The van der Waals surface area contributed by atoms with E-state index in [9.17, 15) is 4.79 Å². The highest BCUT2D eigenvalue weighted by atomic mass is 16.5. The van der Waals surface area contributed by atoms with Crippen LogP contribution in [0.3, 0.4) is 0 Å². The highest BCUT2D eigenvalue weighted by Crippen LogP contribution is 2.29. The molecule has 2 N–H and O–H groups in total. The van der Waals surface area contributed by atoms with Crippen LogP contribution in [0.25, 0.3) is 0 Å². The van der Waals surface area contributed by atoms with E-state index in [-0.39, 0.29) is 11.3 Å². The minimum Gasteiger partial charge on any atom is -0.384 e. The molecule has 0 aromatic rings. The summed E-state index contributed by atoms with van der Waals surface area (Å²) in [5.74, 6) is 1.57. The van der Waals surface area contributed by atoms with E-state index in [0.29, 0.717) is 18.6 Å². The monoisotopic (exact) mass is 339 g/mol. The summed E-state index contributed by atoms with van der Waals surface area (Å²) in [5.41, 5.74) is -0.349. The fourth-order valence-electron chi connectivity index (χ4n) is 4.15. The number of hydrogen-bond donors (Lipinski definition) is 2. The van der Waals surface area contributed by atoms with E-state index in [2.05, 4.69) is 36.3 Å². The molecule has 2 saturated heterocycles. The second-order valence-electron chi connectivity index (χ2n) is 8.20. The Bertz CT molecular complexity index is 381. The maximum absolute atomic E-state index is 12.9. The average Bonchev–Trinajstić information content (AvgIpc) is 2.57. The molecule has 2 rings (SSSR count). The van der Waals surface area contributed by atoms with E-state index in [4.69, 9.17) is 4.74 Å². The van der Waals surface area contributed by atoms with Crippen LogP contribution in [-0.2, 0) is 9.53 Å². The molecule has 24 heavy (non-hydrogen) atoms. The lowest BCUT2D eigenvalue weighted by Gasteiger charge is -2.40. The molecule has 2 heterocycles. The number of piperidine rings is 2. The maximum Gasteiger partial charge on any atom is 0.228 e. The Hall–Kier alpha value is -0.650. The van der Waals surface area contributed by atoms with Crippen LogP contribution in [0.2, 0.25) is 0 Å². The van der Waals surface area contributed by atoms with Crippen molar-refractivity contribution in [2.45, 2.75) is 52.5 Å². The molecule has 1 unspecified atom stereocenters. The summed E-state index contributed by atoms with van der Waals surface area (Å²) in [7, 11) is 1.70. The first-order valence-electron chi connectivity index (χ1n) is 9.70. The van der Waals surface area contributed by atoms with Crippen molar-refractivity contribution in [3.63, 3.8) is 0 Å². The highest BCUT2D eigenvalue weighted by Gasteiger charge is 2.40.